The van der Waals surface area contributed by atoms with E-state index in [4.69, 9.17) is 4.74 Å². The van der Waals surface area contributed by atoms with Crippen LogP contribution in [0.3, 0.4) is 0 Å². The zero-order valence-corrected chi connectivity index (χ0v) is 18.5. The number of carbonyl (C=O) groups excluding carboxylic acids is 1. The van der Waals surface area contributed by atoms with E-state index in [2.05, 4.69) is 16.3 Å². The summed E-state index contributed by atoms with van der Waals surface area (Å²) in [7, 11) is 1.67. The maximum Gasteiger partial charge on any atom is 0.267 e. The smallest absolute Gasteiger partial charge is 0.267 e. The van der Waals surface area contributed by atoms with Gasteiger partial charge < -0.3 is 24.1 Å². The number of pyridine rings is 1. The number of piperidine rings is 1. The number of hydrogen-bond donors (Lipinski definition) is 1. The maximum absolute atomic E-state index is 13.0. The molecular formula is C25H30N4O3. The van der Waals surface area contributed by atoms with Gasteiger partial charge in [-0.1, -0.05) is 24.3 Å². The highest BCUT2D eigenvalue weighted by Crippen LogP contribution is 2.34. The number of amides is 1. The van der Waals surface area contributed by atoms with Crippen molar-refractivity contribution in [2.45, 2.75) is 25.4 Å². The molecule has 1 fully saturated rings. The summed E-state index contributed by atoms with van der Waals surface area (Å²) in [4.78, 5) is 27.6. The number of carbonyl (C=O) groups is 1. The van der Waals surface area contributed by atoms with Gasteiger partial charge in [-0.2, -0.15) is 0 Å². The van der Waals surface area contributed by atoms with Crippen molar-refractivity contribution >= 4 is 16.8 Å². The van der Waals surface area contributed by atoms with E-state index in [0.717, 1.165) is 49.2 Å². The van der Waals surface area contributed by atoms with Gasteiger partial charge in [0.1, 0.15) is 5.69 Å². The Bertz CT molecular complexity index is 1180. The summed E-state index contributed by atoms with van der Waals surface area (Å²) in [6.07, 6.45) is 1.14. The van der Waals surface area contributed by atoms with Crippen molar-refractivity contribution in [3.8, 4) is 0 Å². The second-order valence-corrected chi connectivity index (χ2v) is 8.95. The van der Waals surface area contributed by atoms with E-state index in [0.29, 0.717) is 37.2 Å². The van der Waals surface area contributed by atoms with Crippen molar-refractivity contribution in [1.29, 1.82) is 0 Å². The van der Waals surface area contributed by atoms with Gasteiger partial charge >= 0.3 is 0 Å². The van der Waals surface area contributed by atoms with Gasteiger partial charge in [-0.05, 0) is 30.5 Å². The fourth-order valence-corrected chi connectivity index (χ4v) is 5.42. The second-order valence-electron chi connectivity index (χ2n) is 8.95. The van der Waals surface area contributed by atoms with E-state index < -0.39 is 0 Å². The van der Waals surface area contributed by atoms with Crippen LogP contribution < -0.4 is 10.9 Å². The van der Waals surface area contributed by atoms with Gasteiger partial charge in [0.15, 0.2) is 0 Å². The van der Waals surface area contributed by atoms with E-state index in [1.165, 1.54) is 0 Å². The molecule has 0 aliphatic carbocycles. The van der Waals surface area contributed by atoms with Crippen LogP contribution >= 0.6 is 0 Å². The Morgan fingerprint density at radius 2 is 1.97 bits per heavy atom. The first-order valence-corrected chi connectivity index (χ1v) is 11.4. The molecule has 2 aliphatic heterocycles. The van der Waals surface area contributed by atoms with Crippen LogP contribution in [0.2, 0.25) is 0 Å². The van der Waals surface area contributed by atoms with Crippen molar-refractivity contribution in [2.75, 3.05) is 39.9 Å². The molecule has 1 N–H and O–H groups in total. The third-order valence-corrected chi connectivity index (χ3v) is 6.83. The van der Waals surface area contributed by atoms with Crippen molar-refractivity contribution in [3.05, 3.63) is 70.3 Å². The summed E-state index contributed by atoms with van der Waals surface area (Å²) in [6, 6.07) is 15.6. The number of rotatable bonds is 7. The number of para-hydroxylation sites is 1. The quantitative estimate of drug-likeness (QED) is 0.620. The van der Waals surface area contributed by atoms with E-state index in [1.54, 1.807) is 13.2 Å². The lowest BCUT2D eigenvalue weighted by Gasteiger charge is -2.42. The minimum absolute atomic E-state index is 0.0496. The number of benzene rings is 1. The average Bonchev–Trinajstić information content (AvgIpc) is 3.17. The first-order chi connectivity index (χ1) is 15.6. The first kappa shape index (κ1) is 21.0. The number of ether oxygens (including phenoxy) is 1. The topological polar surface area (TPSA) is 68.5 Å². The van der Waals surface area contributed by atoms with Gasteiger partial charge in [-0.3, -0.25) is 9.59 Å². The number of likely N-dealkylation sites (tertiary alicyclic amines) is 1. The zero-order chi connectivity index (χ0) is 22.1. The van der Waals surface area contributed by atoms with Crippen molar-refractivity contribution in [1.82, 2.24) is 19.4 Å². The lowest BCUT2D eigenvalue weighted by atomic mass is 9.83. The summed E-state index contributed by atoms with van der Waals surface area (Å²) in [6.45, 7) is 5.32. The largest absolute Gasteiger partial charge is 0.383 e. The van der Waals surface area contributed by atoms with Gasteiger partial charge in [0, 0.05) is 75.0 Å². The normalized spacial score (nSPS) is 20.3. The predicted molar refractivity (Wildman–Crippen MR) is 124 cm³/mol. The molecule has 32 heavy (non-hydrogen) atoms. The second kappa shape index (κ2) is 8.92. The summed E-state index contributed by atoms with van der Waals surface area (Å²) in [5, 5.41) is 4.18. The molecule has 2 atom stereocenters. The molecule has 2 aromatic heterocycles. The monoisotopic (exact) mass is 434 g/mol. The minimum Gasteiger partial charge on any atom is -0.383 e. The van der Waals surface area contributed by atoms with E-state index in [1.807, 2.05) is 45.5 Å². The van der Waals surface area contributed by atoms with Crippen LogP contribution in [0.1, 0.15) is 28.5 Å². The molecule has 2 unspecified atom stereocenters. The average molecular weight is 435 g/mol. The first-order valence-electron chi connectivity index (χ1n) is 11.4. The molecule has 0 spiro atoms. The van der Waals surface area contributed by atoms with Crippen LogP contribution in [0.15, 0.2) is 53.3 Å². The number of fused-ring (bicyclic) bond motifs is 5. The van der Waals surface area contributed by atoms with E-state index >= 15 is 0 Å². The Hall–Kier alpha value is -2.90. The fraction of sp³-hybridized carbons (Fsp3) is 0.440. The number of nitrogens with one attached hydrogen (secondary N) is 1. The zero-order valence-electron chi connectivity index (χ0n) is 18.5. The number of hydrogen-bond acceptors (Lipinski definition) is 4. The molecule has 7 heteroatoms. The van der Waals surface area contributed by atoms with Gasteiger partial charge in [-0.15, -0.1) is 0 Å². The third kappa shape index (κ3) is 3.98. The van der Waals surface area contributed by atoms with Gasteiger partial charge in [0.25, 0.3) is 11.5 Å². The van der Waals surface area contributed by atoms with Gasteiger partial charge in [0.05, 0.1) is 6.61 Å². The van der Waals surface area contributed by atoms with Crippen LogP contribution in [0.4, 0.5) is 0 Å². The van der Waals surface area contributed by atoms with Crippen LogP contribution in [-0.2, 0) is 17.8 Å². The number of methoxy groups -OCH3 is 1. The molecule has 168 valence electrons. The maximum atomic E-state index is 13.0. The Balaban J connectivity index is 1.23. The highest BCUT2D eigenvalue weighted by Gasteiger charge is 2.34. The Labute approximate surface area is 187 Å². The molecule has 2 bridgehead atoms. The van der Waals surface area contributed by atoms with Crippen molar-refractivity contribution in [2.24, 2.45) is 5.92 Å². The molecular weight excluding hydrogens is 404 g/mol. The summed E-state index contributed by atoms with van der Waals surface area (Å²) in [5.41, 5.74) is 2.99. The van der Waals surface area contributed by atoms with Crippen LogP contribution in [0.25, 0.3) is 10.9 Å². The summed E-state index contributed by atoms with van der Waals surface area (Å²) >= 11 is 0. The molecule has 4 heterocycles. The molecule has 1 aromatic carbocycles. The van der Waals surface area contributed by atoms with Crippen LogP contribution in [-0.4, -0.2) is 59.8 Å². The fourth-order valence-electron chi connectivity index (χ4n) is 5.42. The van der Waals surface area contributed by atoms with E-state index in [9.17, 15) is 9.59 Å². The van der Waals surface area contributed by atoms with Gasteiger partial charge in [0.2, 0.25) is 0 Å². The highest BCUT2D eigenvalue weighted by molar-refractivity contribution is 5.98. The van der Waals surface area contributed by atoms with Crippen molar-refractivity contribution < 1.29 is 9.53 Å². The highest BCUT2D eigenvalue weighted by atomic mass is 16.5. The Kier molecular flexibility index (Phi) is 5.85. The third-order valence-electron chi connectivity index (χ3n) is 6.83. The number of aromatic nitrogens is 2. The molecule has 7 nitrogen and oxygen atoms in total. The minimum atomic E-state index is -0.0496. The Morgan fingerprint density at radius 3 is 2.84 bits per heavy atom. The number of nitrogens with zero attached hydrogens (tertiary/aromatic N) is 3. The predicted octanol–water partition coefficient (Wildman–Crippen LogP) is 2.30. The Morgan fingerprint density at radius 1 is 1.09 bits per heavy atom. The molecule has 0 radical (unpaired) electrons. The molecule has 2 aliphatic rings. The van der Waals surface area contributed by atoms with Crippen LogP contribution in [0, 0.1) is 5.92 Å². The van der Waals surface area contributed by atoms with Gasteiger partial charge in [-0.25, -0.2) is 0 Å². The standard InChI is InChI=1S/C25H30N4O3/c1-32-12-11-28-21-6-3-2-5-19(21)14-23(28)25(31)26-9-10-27-15-18-13-20(17-27)22-7-4-8-24(30)29(22)16-18/h2-8,14,18,20H,9-13,15-17H2,1H3,(H,26,31). The van der Waals surface area contributed by atoms with E-state index in [-0.39, 0.29) is 11.5 Å². The van der Waals surface area contributed by atoms with Crippen LogP contribution in [0.5, 0.6) is 0 Å². The summed E-state index contributed by atoms with van der Waals surface area (Å²) < 4.78 is 9.24. The van der Waals surface area contributed by atoms with Crippen molar-refractivity contribution in [3.63, 3.8) is 0 Å². The molecule has 3 aromatic rings. The lowest BCUT2D eigenvalue weighted by molar-refractivity contribution is 0.0917. The SMILES string of the molecule is COCCn1c(C(=O)NCCN2CC3CC(C2)c2cccc(=O)n2C3)cc2ccccc21. The molecule has 1 amide bonds. The molecule has 0 saturated carbocycles. The molecule has 5 rings (SSSR count). The molecule has 1 saturated heterocycles. The lowest BCUT2D eigenvalue weighted by Crippen LogP contribution is -2.48. The summed E-state index contributed by atoms with van der Waals surface area (Å²) in [5.74, 6) is 0.837.